The molecule has 0 aliphatic rings. The van der Waals surface area contributed by atoms with Gasteiger partial charge in [-0.3, -0.25) is 0 Å². The Kier molecular flexibility index (Phi) is 9.07. The van der Waals surface area contributed by atoms with E-state index in [1.54, 1.807) is 0 Å². The van der Waals surface area contributed by atoms with Crippen molar-refractivity contribution in [2.24, 2.45) is 0 Å². The standard InChI is InChI=1S/C26H33BrOS/c1-3-5-7-9-11-20-12-14-21(15-13-20)26-25(27)23-17-16-22(19-24(23)29-26)28-18-10-8-6-4-2/h12-17,19H,3-11,18H2,1-2H3. The van der Waals surface area contributed by atoms with Crippen molar-refractivity contribution >= 4 is 37.4 Å². The normalized spacial score (nSPS) is 11.3. The Balaban J connectivity index is 1.67. The monoisotopic (exact) mass is 472 g/mol. The molecule has 0 amide bonds. The van der Waals surface area contributed by atoms with Gasteiger partial charge in [0.15, 0.2) is 0 Å². The third-order valence-electron chi connectivity index (χ3n) is 5.40. The van der Waals surface area contributed by atoms with Crippen LogP contribution in [0.2, 0.25) is 0 Å². The van der Waals surface area contributed by atoms with Crippen molar-refractivity contribution in [3.05, 3.63) is 52.5 Å². The predicted molar refractivity (Wildman–Crippen MR) is 132 cm³/mol. The van der Waals surface area contributed by atoms with Gasteiger partial charge in [-0.1, -0.05) is 76.6 Å². The van der Waals surface area contributed by atoms with Crippen LogP contribution in [0, 0.1) is 0 Å². The lowest BCUT2D eigenvalue weighted by Crippen LogP contribution is -1.96. The molecule has 0 N–H and O–H groups in total. The second-order valence-corrected chi connectivity index (χ2v) is 9.67. The highest BCUT2D eigenvalue weighted by molar-refractivity contribution is 9.10. The van der Waals surface area contributed by atoms with Crippen LogP contribution in [-0.2, 0) is 6.42 Å². The van der Waals surface area contributed by atoms with Gasteiger partial charge in [-0.25, -0.2) is 0 Å². The molecule has 0 unspecified atom stereocenters. The molecule has 0 aliphatic carbocycles. The van der Waals surface area contributed by atoms with E-state index in [1.165, 1.54) is 81.9 Å². The van der Waals surface area contributed by atoms with Gasteiger partial charge in [0.2, 0.25) is 0 Å². The molecule has 1 nitrogen and oxygen atoms in total. The van der Waals surface area contributed by atoms with Crippen LogP contribution in [0.1, 0.15) is 70.8 Å². The number of thiophene rings is 1. The van der Waals surface area contributed by atoms with E-state index in [0.717, 1.165) is 18.8 Å². The maximum absolute atomic E-state index is 5.98. The summed E-state index contributed by atoms with van der Waals surface area (Å²) >= 11 is 5.68. The van der Waals surface area contributed by atoms with Crippen LogP contribution >= 0.6 is 27.3 Å². The first kappa shape index (κ1) is 22.4. The first-order chi connectivity index (χ1) is 14.2. The minimum absolute atomic E-state index is 0.810. The summed E-state index contributed by atoms with van der Waals surface area (Å²) in [5.41, 5.74) is 2.73. The average molecular weight is 474 g/mol. The largest absolute Gasteiger partial charge is 0.494 e. The molecular weight excluding hydrogens is 440 g/mol. The topological polar surface area (TPSA) is 9.23 Å². The van der Waals surface area contributed by atoms with Crippen LogP contribution in [0.15, 0.2) is 46.9 Å². The molecule has 1 heterocycles. The van der Waals surface area contributed by atoms with Crippen LogP contribution < -0.4 is 4.74 Å². The second-order valence-electron chi connectivity index (χ2n) is 7.82. The smallest absolute Gasteiger partial charge is 0.120 e. The molecule has 0 saturated carbocycles. The number of hydrogen-bond acceptors (Lipinski definition) is 2. The summed E-state index contributed by atoms with van der Waals surface area (Å²) in [5, 5.41) is 1.27. The van der Waals surface area contributed by atoms with Crippen LogP contribution in [-0.4, -0.2) is 6.61 Å². The third kappa shape index (κ3) is 6.33. The Bertz CT molecular complexity index is 882. The highest BCUT2D eigenvalue weighted by Gasteiger charge is 2.12. The number of rotatable bonds is 12. The summed E-state index contributed by atoms with van der Waals surface area (Å²) in [6.45, 7) is 5.31. The zero-order valence-electron chi connectivity index (χ0n) is 17.8. The number of aryl methyl sites for hydroxylation is 1. The van der Waals surface area contributed by atoms with Crippen LogP contribution in [0.25, 0.3) is 20.5 Å². The molecule has 3 aromatic rings. The molecule has 29 heavy (non-hydrogen) atoms. The summed E-state index contributed by atoms with van der Waals surface area (Å²) in [6, 6.07) is 15.6. The molecule has 3 heteroatoms. The van der Waals surface area contributed by atoms with Gasteiger partial charge in [0.05, 0.1) is 6.61 Å². The van der Waals surface area contributed by atoms with Crippen molar-refractivity contribution in [3.63, 3.8) is 0 Å². The average Bonchev–Trinajstić information content (AvgIpc) is 3.07. The minimum Gasteiger partial charge on any atom is -0.494 e. The summed E-state index contributed by atoms with van der Waals surface area (Å²) < 4.78 is 8.45. The van der Waals surface area contributed by atoms with E-state index in [9.17, 15) is 0 Å². The van der Waals surface area contributed by atoms with Crippen molar-refractivity contribution in [1.82, 2.24) is 0 Å². The van der Waals surface area contributed by atoms with Crippen molar-refractivity contribution in [1.29, 1.82) is 0 Å². The van der Waals surface area contributed by atoms with E-state index >= 15 is 0 Å². The van der Waals surface area contributed by atoms with Crippen LogP contribution in [0.4, 0.5) is 0 Å². The van der Waals surface area contributed by atoms with Crippen LogP contribution in [0.5, 0.6) is 5.75 Å². The van der Waals surface area contributed by atoms with E-state index in [-0.39, 0.29) is 0 Å². The highest BCUT2D eigenvalue weighted by atomic mass is 79.9. The lowest BCUT2D eigenvalue weighted by Gasteiger charge is -2.05. The van der Waals surface area contributed by atoms with Gasteiger partial charge in [-0.05, 0) is 64.5 Å². The fourth-order valence-corrected chi connectivity index (χ4v) is 5.70. The summed E-state index contributed by atoms with van der Waals surface area (Å²) in [7, 11) is 0. The molecule has 0 atom stereocenters. The van der Waals surface area contributed by atoms with E-state index in [1.807, 2.05) is 11.3 Å². The summed E-state index contributed by atoms with van der Waals surface area (Å²) in [4.78, 5) is 1.30. The van der Waals surface area contributed by atoms with Gasteiger partial charge in [0.1, 0.15) is 5.75 Å². The molecule has 0 saturated heterocycles. The molecule has 156 valence electrons. The Morgan fingerprint density at radius 1 is 0.828 bits per heavy atom. The van der Waals surface area contributed by atoms with Crippen molar-refractivity contribution in [3.8, 4) is 16.2 Å². The zero-order chi connectivity index (χ0) is 20.5. The first-order valence-corrected chi connectivity index (χ1v) is 12.8. The lowest BCUT2D eigenvalue weighted by molar-refractivity contribution is 0.305. The van der Waals surface area contributed by atoms with E-state index in [2.05, 4.69) is 72.2 Å². The number of hydrogen-bond donors (Lipinski definition) is 0. The molecular formula is C26H33BrOS. The quantitative estimate of drug-likeness (QED) is 0.238. The number of ether oxygens (including phenoxy) is 1. The van der Waals surface area contributed by atoms with E-state index in [0.29, 0.717) is 0 Å². The Morgan fingerprint density at radius 3 is 2.28 bits per heavy atom. The minimum atomic E-state index is 0.810. The number of unbranched alkanes of at least 4 members (excludes halogenated alkanes) is 6. The summed E-state index contributed by atoms with van der Waals surface area (Å²) in [6.07, 6.45) is 11.4. The number of fused-ring (bicyclic) bond motifs is 1. The lowest BCUT2D eigenvalue weighted by atomic mass is 10.0. The molecule has 0 spiro atoms. The Morgan fingerprint density at radius 2 is 1.55 bits per heavy atom. The maximum atomic E-state index is 5.98. The molecule has 0 fully saturated rings. The fraction of sp³-hybridized carbons (Fsp3) is 0.462. The van der Waals surface area contributed by atoms with Crippen molar-refractivity contribution in [2.75, 3.05) is 6.61 Å². The summed E-state index contributed by atoms with van der Waals surface area (Å²) in [5.74, 6) is 0.983. The maximum Gasteiger partial charge on any atom is 0.120 e. The van der Waals surface area contributed by atoms with E-state index in [4.69, 9.17) is 4.74 Å². The van der Waals surface area contributed by atoms with Gasteiger partial charge in [0.25, 0.3) is 0 Å². The molecule has 0 bridgehead atoms. The second kappa shape index (κ2) is 11.8. The molecule has 3 rings (SSSR count). The van der Waals surface area contributed by atoms with Crippen LogP contribution in [0.3, 0.4) is 0 Å². The predicted octanol–water partition coefficient (Wildman–Crippen LogP) is 9.41. The zero-order valence-corrected chi connectivity index (χ0v) is 20.2. The van der Waals surface area contributed by atoms with Gasteiger partial charge in [-0.2, -0.15) is 0 Å². The number of halogens is 1. The highest BCUT2D eigenvalue weighted by Crippen LogP contribution is 2.43. The van der Waals surface area contributed by atoms with Gasteiger partial charge in [-0.15, -0.1) is 11.3 Å². The fourth-order valence-electron chi connectivity index (χ4n) is 3.62. The SMILES string of the molecule is CCCCCCOc1ccc2c(Br)c(-c3ccc(CCCCCC)cc3)sc2c1. The molecule has 0 radical (unpaired) electrons. The molecule has 1 aromatic heterocycles. The van der Waals surface area contributed by atoms with E-state index < -0.39 is 0 Å². The Hall–Kier alpha value is -1.32. The Labute approximate surface area is 188 Å². The van der Waals surface area contributed by atoms with Gasteiger partial charge >= 0.3 is 0 Å². The van der Waals surface area contributed by atoms with Gasteiger partial charge in [0, 0.05) is 19.4 Å². The third-order valence-corrected chi connectivity index (χ3v) is 7.69. The molecule has 2 aromatic carbocycles. The van der Waals surface area contributed by atoms with Crippen molar-refractivity contribution in [2.45, 2.75) is 71.6 Å². The first-order valence-electron chi connectivity index (χ1n) is 11.2. The molecule has 0 aliphatic heterocycles. The van der Waals surface area contributed by atoms with Crippen molar-refractivity contribution < 1.29 is 4.74 Å². The number of benzene rings is 2. The van der Waals surface area contributed by atoms with Gasteiger partial charge < -0.3 is 4.74 Å².